The van der Waals surface area contributed by atoms with Gasteiger partial charge in [-0.05, 0) is 49.1 Å². The van der Waals surface area contributed by atoms with E-state index < -0.39 is 0 Å². The highest BCUT2D eigenvalue weighted by atomic mass is 127. The monoisotopic (exact) mass is 497 g/mol. The maximum absolute atomic E-state index is 5.56. The maximum atomic E-state index is 5.56. The molecule has 2 N–H and O–H groups in total. The van der Waals surface area contributed by atoms with Gasteiger partial charge in [0.05, 0.1) is 20.3 Å². The molecule has 0 heterocycles. The van der Waals surface area contributed by atoms with Crippen molar-refractivity contribution >= 4 is 29.9 Å². The Hall–Kier alpha value is -1.80. The number of hydrogen-bond donors (Lipinski definition) is 2. The van der Waals surface area contributed by atoms with E-state index in [2.05, 4.69) is 41.8 Å². The van der Waals surface area contributed by atoms with E-state index in [1.165, 1.54) is 16.7 Å². The molecule has 6 heteroatoms. The van der Waals surface area contributed by atoms with E-state index in [1.807, 2.05) is 31.2 Å². The van der Waals surface area contributed by atoms with Crippen LogP contribution in [0.15, 0.2) is 53.5 Å². The molecule has 0 fully saturated rings. The summed E-state index contributed by atoms with van der Waals surface area (Å²) in [6.07, 6.45) is 0.926. The Bertz CT molecular complexity index is 705. The van der Waals surface area contributed by atoms with Crippen LogP contribution in [0.3, 0.4) is 0 Å². The quantitative estimate of drug-likeness (QED) is 0.294. The molecule has 0 radical (unpaired) electrons. The minimum absolute atomic E-state index is 0. The molecule has 5 nitrogen and oxygen atoms in total. The molecule has 154 valence electrons. The molecule has 0 aliphatic rings. The Morgan fingerprint density at radius 2 is 1.68 bits per heavy atom. The number of ether oxygens (including phenoxy) is 2. The summed E-state index contributed by atoms with van der Waals surface area (Å²) in [5.74, 6) is 1.71. The molecule has 0 saturated heterocycles. The predicted molar refractivity (Wildman–Crippen MR) is 127 cm³/mol. The number of nitrogens with one attached hydrogen (secondary N) is 2. The van der Waals surface area contributed by atoms with E-state index in [4.69, 9.17) is 14.5 Å². The van der Waals surface area contributed by atoms with Crippen LogP contribution >= 0.6 is 24.0 Å². The Balaban J connectivity index is 0.00000392. The second-order valence-corrected chi connectivity index (χ2v) is 6.13. The zero-order valence-electron chi connectivity index (χ0n) is 17.0. The average Bonchev–Trinajstić information content (AvgIpc) is 2.71. The smallest absolute Gasteiger partial charge is 0.191 e. The van der Waals surface area contributed by atoms with E-state index >= 15 is 0 Å². The second kappa shape index (κ2) is 14.2. The fourth-order valence-electron chi connectivity index (χ4n) is 2.69. The fourth-order valence-corrected chi connectivity index (χ4v) is 2.69. The van der Waals surface area contributed by atoms with Crippen LogP contribution in [0.4, 0.5) is 0 Å². The van der Waals surface area contributed by atoms with Crippen LogP contribution in [0.5, 0.6) is 5.75 Å². The highest BCUT2D eigenvalue weighted by Crippen LogP contribution is 2.12. The Kier molecular flexibility index (Phi) is 12.3. The molecule has 0 saturated carbocycles. The summed E-state index contributed by atoms with van der Waals surface area (Å²) >= 11 is 0. The molecule has 0 atom stereocenters. The lowest BCUT2D eigenvalue weighted by molar-refractivity contribution is 0.133. The summed E-state index contributed by atoms with van der Waals surface area (Å²) in [6.45, 7) is 7.70. The van der Waals surface area contributed by atoms with Gasteiger partial charge in [-0.3, -0.25) is 0 Å². The number of nitrogens with zero attached hydrogens (tertiary/aromatic N) is 1. The van der Waals surface area contributed by atoms with Crippen LogP contribution in [0, 0.1) is 0 Å². The van der Waals surface area contributed by atoms with Crippen LogP contribution in [0.1, 0.15) is 30.5 Å². The summed E-state index contributed by atoms with van der Waals surface area (Å²) in [6, 6.07) is 16.5. The Morgan fingerprint density at radius 3 is 2.32 bits per heavy atom. The van der Waals surface area contributed by atoms with E-state index in [-0.39, 0.29) is 24.0 Å². The molecule has 2 aromatic rings. The van der Waals surface area contributed by atoms with Crippen molar-refractivity contribution in [3.05, 3.63) is 65.2 Å². The highest BCUT2D eigenvalue weighted by molar-refractivity contribution is 14.0. The van der Waals surface area contributed by atoms with Crippen molar-refractivity contribution in [1.29, 1.82) is 0 Å². The molecular weight excluding hydrogens is 465 g/mol. The Labute approximate surface area is 186 Å². The summed E-state index contributed by atoms with van der Waals surface area (Å²) < 4.78 is 10.8. The number of guanidine groups is 1. The van der Waals surface area contributed by atoms with Crippen molar-refractivity contribution in [2.24, 2.45) is 4.99 Å². The first-order valence-electron chi connectivity index (χ1n) is 9.56. The molecule has 2 aromatic carbocycles. The molecule has 0 spiro atoms. The van der Waals surface area contributed by atoms with E-state index in [9.17, 15) is 0 Å². The third-order valence-corrected chi connectivity index (χ3v) is 4.20. The molecule has 0 aliphatic carbocycles. The van der Waals surface area contributed by atoms with Crippen molar-refractivity contribution in [2.75, 3.05) is 26.8 Å². The molecule has 0 bridgehead atoms. The van der Waals surface area contributed by atoms with Gasteiger partial charge in [-0.1, -0.05) is 36.4 Å². The normalized spacial score (nSPS) is 10.9. The lowest BCUT2D eigenvalue weighted by atomic mass is 10.1. The average molecular weight is 497 g/mol. The van der Waals surface area contributed by atoms with E-state index in [0.29, 0.717) is 19.8 Å². The first-order valence-corrected chi connectivity index (χ1v) is 9.56. The van der Waals surface area contributed by atoms with Crippen LogP contribution < -0.4 is 15.4 Å². The largest absolute Gasteiger partial charge is 0.497 e. The first-order chi connectivity index (χ1) is 13.3. The molecule has 28 heavy (non-hydrogen) atoms. The number of hydrogen-bond acceptors (Lipinski definition) is 3. The van der Waals surface area contributed by atoms with Crippen molar-refractivity contribution in [2.45, 2.75) is 33.4 Å². The molecule has 0 aliphatic heterocycles. The van der Waals surface area contributed by atoms with Gasteiger partial charge < -0.3 is 20.1 Å². The molecule has 0 aromatic heterocycles. The van der Waals surface area contributed by atoms with Gasteiger partial charge in [0.1, 0.15) is 5.75 Å². The topological polar surface area (TPSA) is 54.9 Å². The zero-order valence-corrected chi connectivity index (χ0v) is 19.4. The molecule has 0 unspecified atom stereocenters. The summed E-state index contributed by atoms with van der Waals surface area (Å²) in [4.78, 5) is 4.73. The summed E-state index contributed by atoms with van der Waals surface area (Å²) in [5.41, 5.74) is 3.65. The zero-order chi connectivity index (χ0) is 19.3. The first kappa shape index (κ1) is 24.2. The van der Waals surface area contributed by atoms with Gasteiger partial charge in [0.25, 0.3) is 0 Å². The number of halogens is 1. The number of methoxy groups -OCH3 is 1. The molecule has 0 amide bonds. The van der Waals surface area contributed by atoms with Gasteiger partial charge in [0.2, 0.25) is 0 Å². The Morgan fingerprint density at radius 1 is 0.964 bits per heavy atom. The van der Waals surface area contributed by atoms with Gasteiger partial charge in [-0.15, -0.1) is 24.0 Å². The van der Waals surface area contributed by atoms with Gasteiger partial charge in [-0.2, -0.15) is 0 Å². The second-order valence-electron chi connectivity index (χ2n) is 6.13. The van der Waals surface area contributed by atoms with Gasteiger partial charge >= 0.3 is 0 Å². The number of benzene rings is 2. The van der Waals surface area contributed by atoms with Crippen molar-refractivity contribution < 1.29 is 9.47 Å². The van der Waals surface area contributed by atoms with Gasteiger partial charge in [-0.25, -0.2) is 4.99 Å². The number of rotatable bonds is 10. The lowest BCUT2D eigenvalue weighted by Gasteiger charge is -2.13. The third-order valence-electron chi connectivity index (χ3n) is 4.20. The SMILES string of the molecule is CCNC(=NCc1ccccc1COCC)NCCc1ccc(OC)cc1.I. The van der Waals surface area contributed by atoms with E-state index in [0.717, 1.165) is 31.2 Å². The van der Waals surface area contributed by atoms with Crippen LogP contribution in [-0.4, -0.2) is 32.8 Å². The van der Waals surface area contributed by atoms with Crippen molar-refractivity contribution in [1.82, 2.24) is 10.6 Å². The van der Waals surface area contributed by atoms with Crippen LogP contribution in [-0.2, 0) is 24.3 Å². The highest BCUT2D eigenvalue weighted by Gasteiger charge is 2.03. The van der Waals surface area contributed by atoms with Gasteiger partial charge in [0.15, 0.2) is 5.96 Å². The standard InChI is InChI=1S/C22H31N3O2.HI/c1-4-23-22(24-15-14-18-10-12-21(26-3)13-11-18)25-16-19-8-6-7-9-20(19)17-27-5-2;/h6-13H,4-5,14-17H2,1-3H3,(H2,23,24,25);1H. The lowest BCUT2D eigenvalue weighted by Crippen LogP contribution is -2.38. The number of aliphatic imine (C=N–C) groups is 1. The van der Waals surface area contributed by atoms with Crippen LogP contribution in [0.2, 0.25) is 0 Å². The minimum Gasteiger partial charge on any atom is -0.497 e. The van der Waals surface area contributed by atoms with E-state index in [1.54, 1.807) is 7.11 Å². The third kappa shape index (κ3) is 8.48. The summed E-state index contributed by atoms with van der Waals surface area (Å²) in [5, 5.41) is 6.71. The predicted octanol–water partition coefficient (Wildman–Crippen LogP) is 4.15. The minimum atomic E-state index is 0. The summed E-state index contributed by atoms with van der Waals surface area (Å²) in [7, 11) is 1.68. The fraction of sp³-hybridized carbons (Fsp3) is 0.409. The van der Waals surface area contributed by atoms with Crippen molar-refractivity contribution in [3.8, 4) is 5.75 Å². The van der Waals surface area contributed by atoms with Gasteiger partial charge in [0, 0.05) is 19.7 Å². The van der Waals surface area contributed by atoms with Crippen molar-refractivity contribution in [3.63, 3.8) is 0 Å². The van der Waals surface area contributed by atoms with Crippen LogP contribution in [0.25, 0.3) is 0 Å². The molecule has 2 rings (SSSR count). The molecular formula is C22H32IN3O2. The maximum Gasteiger partial charge on any atom is 0.191 e.